The molecule has 5 rings (SSSR count). The van der Waals surface area contributed by atoms with Crippen molar-refractivity contribution in [2.45, 2.75) is 50.9 Å². The van der Waals surface area contributed by atoms with Gasteiger partial charge in [0, 0.05) is 29.9 Å². The Morgan fingerprint density at radius 2 is 2.00 bits per heavy atom. The summed E-state index contributed by atoms with van der Waals surface area (Å²) in [5.41, 5.74) is 7.45. The minimum Gasteiger partial charge on any atom is -0.444 e. The second-order valence-electron chi connectivity index (χ2n) is 10.2. The van der Waals surface area contributed by atoms with E-state index >= 15 is 0 Å². The molecule has 1 saturated heterocycles. The summed E-state index contributed by atoms with van der Waals surface area (Å²) >= 11 is 0. The Morgan fingerprint density at radius 1 is 1.19 bits per heavy atom. The fourth-order valence-corrected chi connectivity index (χ4v) is 4.62. The lowest BCUT2D eigenvalue weighted by Gasteiger charge is -2.23. The third-order valence-electron chi connectivity index (χ3n) is 6.86. The molecule has 0 spiro atoms. The van der Waals surface area contributed by atoms with Crippen LogP contribution in [0.5, 0.6) is 0 Å². The van der Waals surface area contributed by atoms with Gasteiger partial charge in [0.25, 0.3) is 11.8 Å². The number of nitrogens with two attached hydrogens (primary N) is 1. The summed E-state index contributed by atoms with van der Waals surface area (Å²) in [6.07, 6.45) is 1.77. The molecule has 226 valence electrons. The predicted octanol–water partition coefficient (Wildman–Crippen LogP) is 4.43. The van der Waals surface area contributed by atoms with Crippen molar-refractivity contribution < 1.29 is 31.9 Å². The second kappa shape index (κ2) is 13.2. The van der Waals surface area contributed by atoms with Gasteiger partial charge in [-0.1, -0.05) is 18.6 Å². The quantitative estimate of drug-likeness (QED) is 0.230. The van der Waals surface area contributed by atoms with Crippen molar-refractivity contribution in [3.63, 3.8) is 0 Å². The number of amides is 2. The number of rotatable bonds is 11. The number of ether oxygens (including phenoxy) is 1. The highest BCUT2D eigenvalue weighted by Gasteiger charge is 2.27. The second-order valence-corrected chi connectivity index (χ2v) is 10.2. The van der Waals surface area contributed by atoms with Crippen molar-refractivity contribution in [2.75, 3.05) is 18.5 Å². The maximum Gasteiger partial charge on any atom is 0.389 e. The zero-order valence-corrected chi connectivity index (χ0v) is 23.1. The van der Waals surface area contributed by atoms with Crippen molar-refractivity contribution in [3.8, 4) is 17.1 Å². The van der Waals surface area contributed by atoms with Gasteiger partial charge in [0.1, 0.15) is 6.26 Å². The molecule has 3 aromatic heterocycles. The summed E-state index contributed by atoms with van der Waals surface area (Å²) in [7, 11) is 0. The smallest absolute Gasteiger partial charge is 0.389 e. The number of anilines is 1. The number of hydrogen-bond donors (Lipinski definition) is 3. The van der Waals surface area contributed by atoms with Gasteiger partial charge in [-0.3, -0.25) is 14.6 Å². The first kappa shape index (κ1) is 29.9. The Labute approximate surface area is 244 Å². The molecule has 43 heavy (non-hydrogen) atoms. The van der Waals surface area contributed by atoms with Gasteiger partial charge in [-0.15, -0.1) is 0 Å². The zero-order chi connectivity index (χ0) is 30.4. The number of aryl methyl sites for hydroxylation is 1. The summed E-state index contributed by atoms with van der Waals surface area (Å²) < 4.78 is 50.4. The number of primary amides is 1. The average molecular weight is 598 g/mol. The van der Waals surface area contributed by atoms with Gasteiger partial charge in [0.05, 0.1) is 30.8 Å². The molecule has 0 bridgehead atoms. The first-order chi connectivity index (χ1) is 20.6. The number of nitrogens with one attached hydrogen (secondary N) is 2. The summed E-state index contributed by atoms with van der Waals surface area (Å²) in [5.74, 6) is -1.53. The third-order valence-corrected chi connectivity index (χ3v) is 6.86. The molecule has 1 aliphatic rings. The minimum atomic E-state index is -4.31. The summed E-state index contributed by atoms with van der Waals surface area (Å²) in [6.45, 7) is 2.12. The van der Waals surface area contributed by atoms with Crippen LogP contribution in [-0.2, 0) is 17.8 Å². The Kier molecular flexibility index (Phi) is 9.16. The molecule has 1 unspecified atom stereocenters. The highest BCUT2D eigenvalue weighted by Crippen LogP contribution is 2.25. The van der Waals surface area contributed by atoms with Gasteiger partial charge in [-0.25, -0.2) is 9.67 Å². The monoisotopic (exact) mass is 597 g/mol. The highest BCUT2D eigenvalue weighted by molar-refractivity contribution is 6.07. The van der Waals surface area contributed by atoms with Crippen molar-refractivity contribution in [2.24, 2.45) is 5.73 Å². The summed E-state index contributed by atoms with van der Waals surface area (Å²) in [5, 5.41) is 10.3. The van der Waals surface area contributed by atoms with Gasteiger partial charge in [0.2, 0.25) is 5.89 Å². The Bertz CT molecular complexity index is 1560. The van der Waals surface area contributed by atoms with Crippen LogP contribution in [0.3, 0.4) is 0 Å². The fourth-order valence-electron chi connectivity index (χ4n) is 4.62. The number of oxazole rings is 1. The summed E-state index contributed by atoms with van der Waals surface area (Å²) in [4.78, 5) is 33.1. The first-order valence-corrected chi connectivity index (χ1v) is 13.7. The maximum atomic E-state index is 12.9. The van der Waals surface area contributed by atoms with Crippen LogP contribution in [0.25, 0.3) is 17.1 Å². The standard InChI is InChI=1S/C29H30F3N7O4/c30-29(31,32)10-8-20-13-19(9-12-35-20)28-37-24(17-43-28)27(41)36-23-14-39(38-25(23)26(33)40)22-6-4-18(5-7-22)15-42-16-21-3-1-2-11-34-21/h4-7,9,12-14,17,21,34H,1-3,8,10-11,15-16H2,(H2,33,40)(H,36,41). The lowest BCUT2D eigenvalue weighted by atomic mass is 10.1. The largest absolute Gasteiger partial charge is 0.444 e. The van der Waals surface area contributed by atoms with Crippen LogP contribution in [0.4, 0.5) is 18.9 Å². The molecule has 2 amide bonds. The first-order valence-electron chi connectivity index (χ1n) is 13.7. The van der Waals surface area contributed by atoms with E-state index in [-0.39, 0.29) is 35.1 Å². The van der Waals surface area contributed by atoms with E-state index in [4.69, 9.17) is 14.9 Å². The topological polar surface area (TPSA) is 150 Å². The number of alkyl halides is 3. The Balaban J connectivity index is 1.23. The van der Waals surface area contributed by atoms with E-state index in [1.807, 2.05) is 24.3 Å². The molecule has 0 radical (unpaired) electrons. The number of nitrogens with zero attached hydrogens (tertiary/aromatic N) is 4. The molecule has 4 N–H and O–H groups in total. The Hall–Kier alpha value is -4.56. The molecular weight excluding hydrogens is 567 g/mol. The van der Waals surface area contributed by atoms with Crippen molar-refractivity contribution >= 4 is 17.5 Å². The number of benzene rings is 1. The Morgan fingerprint density at radius 3 is 2.72 bits per heavy atom. The van der Waals surface area contributed by atoms with E-state index in [1.54, 1.807) is 0 Å². The third kappa shape index (κ3) is 8.05. The molecular formula is C29H30F3N7O4. The zero-order valence-electron chi connectivity index (χ0n) is 23.1. The number of halogens is 3. The van der Waals surface area contributed by atoms with E-state index in [9.17, 15) is 22.8 Å². The van der Waals surface area contributed by atoms with Crippen LogP contribution < -0.4 is 16.4 Å². The molecule has 1 aliphatic heterocycles. The van der Waals surface area contributed by atoms with Gasteiger partial charge >= 0.3 is 6.18 Å². The predicted molar refractivity (Wildman–Crippen MR) is 149 cm³/mol. The number of aromatic nitrogens is 4. The van der Waals surface area contributed by atoms with Crippen LogP contribution >= 0.6 is 0 Å². The van der Waals surface area contributed by atoms with E-state index in [0.29, 0.717) is 30.5 Å². The molecule has 14 heteroatoms. The van der Waals surface area contributed by atoms with E-state index in [1.165, 1.54) is 42.0 Å². The number of hydrogen-bond acceptors (Lipinski definition) is 8. The lowest BCUT2D eigenvalue weighted by molar-refractivity contribution is -0.134. The molecule has 1 atom stereocenters. The number of piperidine rings is 1. The average Bonchev–Trinajstić information content (AvgIpc) is 3.65. The van der Waals surface area contributed by atoms with E-state index < -0.39 is 24.4 Å². The molecule has 0 aliphatic carbocycles. The van der Waals surface area contributed by atoms with Crippen LogP contribution in [0.2, 0.25) is 0 Å². The molecule has 11 nitrogen and oxygen atoms in total. The van der Waals surface area contributed by atoms with Crippen molar-refractivity contribution in [1.29, 1.82) is 0 Å². The van der Waals surface area contributed by atoms with Crippen LogP contribution in [0.15, 0.2) is 59.5 Å². The van der Waals surface area contributed by atoms with Gasteiger partial charge < -0.3 is 25.5 Å². The molecule has 4 heterocycles. The van der Waals surface area contributed by atoms with Crippen molar-refractivity contribution in [1.82, 2.24) is 25.1 Å². The number of pyridine rings is 1. The van der Waals surface area contributed by atoms with Crippen LogP contribution in [0.1, 0.15) is 57.9 Å². The summed E-state index contributed by atoms with van der Waals surface area (Å²) in [6, 6.07) is 10.7. The molecule has 1 fully saturated rings. The normalized spacial score (nSPS) is 15.4. The van der Waals surface area contributed by atoms with Crippen LogP contribution in [-0.4, -0.2) is 56.9 Å². The highest BCUT2D eigenvalue weighted by atomic mass is 19.4. The van der Waals surface area contributed by atoms with Gasteiger partial charge in [0.15, 0.2) is 11.4 Å². The molecule has 4 aromatic rings. The van der Waals surface area contributed by atoms with E-state index in [2.05, 4.69) is 25.7 Å². The number of carbonyl (C=O) groups excluding carboxylic acids is 2. The lowest BCUT2D eigenvalue weighted by Crippen LogP contribution is -2.37. The number of carbonyl (C=O) groups is 2. The van der Waals surface area contributed by atoms with Gasteiger partial charge in [-0.05, 0) is 55.6 Å². The van der Waals surface area contributed by atoms with Crippen molar-refractivity contribution in [3.05, 3.63) is 77.7 Å². The SMILES string of the molecule is NC(=O)c1nn(-c2ccc(COCC3CCCCN3)cc2)cc1NC(=O)c1coc(-c2ccnc(CCC(F)(F)F)c2)n1. The van der Waals surface area contributed by atoms with E-state index in [0.717, 1.165) is 24.8 Å². The van der Waals surface area contributed by atoms with Gasteiger partial charge in [-0.2, -0.15) is 18.3 Å². The fraction of sp³-hybridized carbons (Fsp3) is 0.345. The molecule has 1 aromatic carbocycles. The molecule has 0 saturated carbocycles. The maximum absolute atomic E-state index is 12.9. The minimum absolute atomic E-state index is 0.0192. The van der Waals surface area contributed by atoms with Crippen LogP contribution in [0, 0.1) is 0 Å².